The number of hydrogen-bond donors (Lipinski definition) is 2. The van der Waals surface area contributed by atoms with E-state index in [1.54, 1.807) is 13.2 Å². The number of nitrogens with one attached hydrogen (secondary N) is 2. The van der Waals surface area contributed by atoms with Crippen LogP contribution in [0, 0.1) is 6.92 Å². The molecule has 2 atom stereocenters. The zero-order chi connectivity index (χ0) is 19.6. The summed E-state index contributed by atoms with van der Waals surface area (Å²) in [5.41, 5.74) is 1.18. The van der Waals surface area contributed by atoms with Gasteiger partial charge in [0.25, 0.3) is 5.91 Å². The van der Waals surface area contributed by atoms with E-state index >= 15 is 0 Å². The highest BCUT2D eigenvalue weighted by Gasteiger charge is 2.32. The van der Waals surface area contributed by atoms with Gasteiger partial charge in [0.05, 0.1) is 30.5 Å². The standard InChI is InChI=1S/C17H21ClN4O4S/c1-9-10(18)6-12(20-9)15(23)21-11-4-5-22(8-13(11)25-2)17-19-7-14(27-17)16(24)26-3/h6-7,11,13,20H,4-5,8H2,1-3H3,(H,21,23)/t11-,13+/m1/s1. The van der Waals surface area contributed by atoms with Gasteiger partial charge < -0.3 is 24.7 Å². The number of methoxy groups -OCH3 is 2. The summed E-state index contributed by atoms with van der Waals surface area (Å²) in [5.74, 6) is -0.614. The van der Waals surface area contributed by atoms with Crippen LogP contribution in [0.2, 0.25) is 5.02 Å². The minimum absolute atomic E-state index is 0.138. The minimum atomic E-state index is -0.399. The highest BCUT2D eigenvalue weighted by Crippen LogP contribution is 2.27. The molecule has 1 aliphatic heterocycles. The summed E-state index contributed by atoms with van der Waals surface area (Å²) >= 11 is 7.29. The van der Waals surface area contributed by atoms with Gasteiger partial charge in [-0.3, -0.25) is 4.79 Å². The Labute approximate surface area is 165 Å². The quantitative estimate of drug-likeness (QED) is 0.731. The Balaban J connectivity index is 1.65. The number of hydrogen-bond acceptors (Lipinski definition) is 7. The summed E-state index contributed by atoms with van der Waals surface area (Å²) in [6.07, 6.45) is 1.99. The molecular weight excluding hydrogens is 392 g/mol. The number of aryl methyl sites for hydroxylation is 1. The number of halogens is 1. The van der Waals surface area contributed by atoms with Crippen molar-refractivity contribution in [3.05, 3.63) is 33.6 Å². The first-order valence-electron chi connectivity index (χ1n) is 8.40. The maximum absolute atomic E-state index is 12.5. The molecule has 2 N–H and O–H groups in total. The van der Waals surface area contributed by atoms with Gasteiger partial charge >= 0.3 is 5.97 Å². The number of piperidine rings is 1. The number of esters is 1. The summed E-state index contributed by atoms with van der Waals surface area (Å²) in [5, 5.41) is 4.27. The first-order chi connectivity index (χ1) is 12.9. The number of thiazole rings is 1. The molecule has 1 fully saturated rings. The van der Waals surface area contributed by atoms with Crippen molar-refractivity contribution in [2.45, 2.75) is 25.5 Å². The van der Waals surface area contributed by atoms with Gasteiger partial charge in [-0.2, -0.15) is 0 Å². The van der Waals surface area contributed by atoms with Gasteiger partial charge in [-0.05, 0) is 19.4 Å². The van der Waals surface area contributed by atoms with E-state index in [-0.39, 0.29) is 18.1 Å². The fourth-order valence-electron chi connectivity index (χ4n) is 3.00. The van der Waals surface area contributed by atoms with Gasteiger partial charge in [-0.1, -0.05) is 22.9 Å². The predicted molar refractivity (Wildman–Crippen MR) is 103 cm³/mol. The van der Waals surface area contributed by atoms with Gasteiger partial charge in [0.15, 0.2) is 5.13 Å². The molecule has 0 bridgehead atoms. The normalized spacial score (nSPS) is 19.8. The van der Waals surface area contributed by atoms with Gasteiger partial charge in [-0.25, -0.2) is 9.78 Å². The Bertz CT molecular complexity index is 817. The summed E-state index contributed by atoms with van der Waals surface area (Å²) in [4.78, 5) is 33.9. The second-order valence-corrected chi connectivity index (χ2v) is 7.66. The lowest BCUT2D eigenvalue weighted by Gasteiger charge is -2.37. The van der Waals surface area contributed by atoms with E-state index in [2.05, 4.69) is 15.3 Å². The highest BCUT2D eigenvalue weighted by molar-refractivity contribution is 7.17. The molecule has 3 rings (SSSR count). The third-order valence-corrected chi connectivity index (χ3v) is 5.96. The second-order valence-electron chi connectivity index (χ2n) is 6.24. The van der Waals surface area contributed by atoms with Crippen LogP contribution in [0.15, 0.2) is 12.3 Å². The van der Waals surface area contributed by atoms with Crippen molar-refractivity contribution in [3.63, 3.8) is 0 Å². The third kappa shape index (κ3) is 4.26. The maximum atomic E-state index is 12.5. The van der Waals surface area contributed by atoms with Crippen LogP contribution in [0.25, 0.3) is 0 Å². The molecule has 2 aromatic heterocycles. The van der Waals surface area contributed by atoms with Crippen LogP contribution in [-0.4, -0.2) is 61.3 Å². The Morgan fingerprint density at radius 3 is 2.85 bits per heavy atom. The topological polar surface area (TPSA) is 96.5 Å². The summed E-state index contributed by atoms with van der Waals surface area (Å²) < 4.78 is 10.3. The van der Waals surface area contributed by atoms with Gasteiger partial charge in [0.2, 0.25) is 0 Å². The van der Waals surface area contributed by atoms with Crippen molar-refractivity contribution >= 4 is 39.9 Å². The predicted octanol–water partition coefficient (Wildman–Crippen LogP) is 2.24. The summed E-state index contributed by atoms with van der Waals surface area (Å²) in [7, 11) is 2.96. The molecule has 1 amide bonds. The number of aromatic amines is 1. The number of H-pyrrole nitrogens is 1. The van der Waals surface area contributed by atoms with Crippen molar-refractivity contribution in [2.75, 3.05) is 32.2 Å². The summed E-state index contributed by atoms with van der Waals surface area (Å²) in [6, 6.07) is 1.48. The van der Waals surface area contributed by atoms with E-state index in [9.17, 15) is 9.59 Å². The van der Waals surface area contributed by atoms with Crippen molar-refractivity contribution in [1.82, 2.24) is 15.3 Å². The minimum Gasteiger partial charge on any atom is -0.465 e. The molecular formula is C17H21ClN4O4S. The van der Waals surface area contributed by atoms with Crippen molar-refractivity contribution in [1.29, 1.82) is 0 Å². The molecule has 10 heteroatoms. The van der Waals surface area contributed by atoms with E-state index in [4.69, 9.17) is 21.1 Å². The van der Waals surface area contributed by atoms with Crippen LogP contribution in [0.1, 0.15) is 32.3 Å². The number of nitrogens with zero attached hydrogens (tertiary/aromatic N) is 2. The molecule has 3 heterocycles. The maximum Gasteiger partial charge on any atom is 0.349 e. The average molecular weight is 413 g/mol. The largest absolute Gasteiger partial charge is 0.465 e. The smallest absolute Gasteiger partial charge is 0.349 e. The summed E-state index contributed by atoms with van der Waals surface area (Å²) in [6.45, 7) is 3.05. The molecule has 1 aliphatic rings. The first kappa shape index (κ1) is 19.7. The van der Waals surface area contributed by atoms with E-state index in [1.807, 2.05) is 11.8 Å². The molecule has 27 heavy (non-hydrogen) atoms. The average Bonchev–Trinajstić information content (AvgIpc) is 3.29. The zero-order valence-electron chi connectivity index (χ0n) is 15.2. The number of carbonyl (C=O) groups excluding carboxylic acids is 2. The molecule has 2 aromatic rings. The lowest BCUT2D eigenvalue weighted by Crippen LogP contribution is -2.55. The fraction of sp³-hybridized carbons (Fsp3) is 0.471. The third-order valence-electron chi connectivity index (χ3n) is 4.53. The first-order valence-corrected chi connectivity index (χ1v) is 9.60. The molecule has 8 nitrogen and oxygen atoms in total. The van der Waals surface area contributed by atoms with E-state index in [0.717, 1.165) is 10.8 Å². The Hall–Kier alpha value is -2.10. The van der Waals surface area contributed by atoms with Crippen LogP contribution in [0.5, 0.6) is 0 Å². The number of amides is 1. The second kappa shape index (κ2) is 8.28. The van der Waals surface area contributed by atoms with Crippen LogP contribution in [-0.2, 0) is 9.47 Å². The molecule has 0 spiro atoms. The van der Waals surface area contributed by atoms with Crippen molar-refractivity contribution in [2.24, 2.45) is 0 Å². The van der Waals surface area contributed by atoms with Crippen LogP contribution >= 0.6 is 22.9 Å². The van der Waals surface area contributed by atoms with Crippen LogP contribution in [0.3, 0.4) is 0 Å². The highest BCUT2D eigenvalue weighted by atomic mass is 35.5. The van der Waals surface area contributed by atoms with Crippen molar-refractivity contribution < 1.29 is 19.1 Å². The SMILES string of the molecule is COC(=O)c1cnc(N2CC[C@@H](NC(=O)c3cc(Cl)c(C)[nH]3)[C@@H](OC)C2)s1. The van der Waals surface area contributed by atoms with Gasteiger partial charge in [0.1, 0.15) is 10.6 Å². The van der Waals surface area contributed by atoms with E-state index < -0.39 is 5.97 Å². The lowest BCUT2D eigenvalue weighted by atomic mass is 10.0. The van der Waals surface area contributed by atoms with Gasteiger partial charge in [-0.15, -0.1) is 0 Å². The molecule has 1 saturated heterocycles. The van der Waals surface area contributed by atoms with Crippen LogP contribution < -0.4 is 10.2 Å². The van der Waals surface area contributed by atoms with Crippen molar-refractivity contribution in [3.8, 4) is 0 Å². The zero-order valence-corrected chi connectivity index (χ0v) is 16.8. The molecule has 0 unspecified atom stereocenters. The Kier molecular flexibility index (Phi) is 6.03. The number of ether oxygens (including phenoxy) is 2. The van der Waals surface area contributed by atoms with Crippen LogP contribution in [0.4, 0.5) is 5.13 Å². The van der Waals surface area contributed by atoms with E-state index in [0.29, 0.717) is 35.1 Å². The Morgan fingerprint density at radius 1 is 1.44 bits per heavy atom. The molecule has 0 aromatic carbocycles. The fourth-order valence-corrected chi connectivity index (χ4v) is 4.03. The molecule has 0 radical (unpaired) electrons. The Morgan fingerprint density at radius 2 is 2.22 bits per heavy atom. The van der Waals surface area contributed by atoms with Gasteiger partial charge in [0, 0.05) is 25.9 Å². The molecule has 0 saturated carbocycles. The van der Waals surface area contributed by atoms with E-state index in [1.165, 1.54) is 24.6 Å². The lowest BCUT2D eigenvalue weighted by molar-refractivity contribution is 0.0540. The number of aromatic nitrogens is 2. The monoisotopic (exact) mass is 412 g/mol. The number of anilines is 1. The number of rotatable bonds is 5. The molecule has 0 aliphatic carbocycles. The molecule has 146 valence electrons. The number of carbonyl (C=O) groups is 2.